The molecule has 0 radical (unpaired) electrons. The fourth-order valence-electron chi connectivity index (χ4n) is 4.67. The summed E-state index contributed by atoms with van der Waals surface area (Å²) in [5.41, 5.74) is 2.85. The van der Waals surface area contributed by atoms with E-state index in [2.05, 4.69) is 75.4 Å². The number of hydrogen-bond acceptors (Lipinski definition) is 3. The fourth-order valence-corrected chi connectivity index (χ4v) is 4.67. The van der Waals surface area contributed by atoms with Crippen LogP contribution in [0.4, 0.5) is 5.69 Å². The highest BCUT2D eigenvalue weighted by Gasteiger charge is 2.27. The minimum Gasteiger partial charge on any atom is -0.369 e. The van der Waals surface area contributed by atoms with E-state index in [-0.39, 0.29) is 0 Å². The van der Waals surface area contributed by atoms with Gasteiger partial charge < -0.3 is 9.80 Å². The molecule has 2 fully saturated rings. The Morgan fingerprint density at radius 1 is 0.778 bits per heavy atom. The van der Waals surface area contributed by atoms with Crippen molar-refractivity contribution >= 4 is 5.69 Å². The first-order chi connectivity index (χ1) is 13.4. The monoisotopic (exact) mass is 363 g/mol. The first-order valence-electron chi connectivity index (χ1n) is 10.7. The Morgan fingerprint density at radius 3 is 2.22 bits per heavy atom. The Morgan fingerprint density at radius 2 is 1.48 bits per heavy atom. The molecule has 2 aromatic carbocycles. The first kappa shape index (κ1) is 18.5. The van der Waals surface area contributed by atoms with Crippen LogP contribution >= 0.6 is 0 Å². The van der Waals surface area contributed by atoms with Gasteiger partial charge in [-0.3, -0.25) is 4.90 Å². The zero-order chi connectivity index (χ0) is 18.3. The molecule has 0 spiro atoms. The number of rotatable bonds is 6. The number of piperazine rings is 1. The molecule has 3 nitrogen and oxygen atoms in total. The van der Waals surface area contributed by atoms with Crippen LogP contribution in [0.25, 0.3) is 0 Å². The van der Waals surface area contributed by atoms with Crippen molar-refractivity contribution in [1.29, 1.82) is 0 Å². The second-order valence-corrected chi connectivity index (χ2v) is 8.04. The quantitative estimate of drug-likeness (QED) is 0.770. The van der Waals surface area contributed by atoms with Crippen LogP contribution < -0.4 is 4.90 Å². The second-order valence-electron chi connectivity index (χ2n) is 8.04. The highest BCUT2D eigenvalue weighted by molar-refractivity contribution is 5.46. The van der Waals surface area contributed by atoms with Gasteiger partial charge >= 0.3 is 0 Å². The molecule has 2 saturated heterocycles. The van der Waals surface area contributed by atoms with Crippen molar-refractivity contribution in [2.24, 2.45) is 0 Å². The Labute approximate surface area is 164 Å². The third-order valence-electron chi connectivity index (χ3n) is 6.22. The average Bonchev–Trinajstić information content (AvgIpc) is 2.76. The average molecular weight is 364 g/mol. The van der Waals surface area contributed by atoms with Gasteiger partial charge in [-0.25, -0.2) is 0 Å². The molecule has 3 heteroatoms. The Hall–Kier alpha value is -1.84. The van der Waals surface area contributed by atoms with Gasteiger partial charge in [-0.1, -0.05) is 48.5 Å². The number of nitrogens with zero attached hydrogens (tertiary/aromatic N) is 3. The van der Waals surface area contributed by atoms with Gasteiger partial charge in [-0.2, -0.15) is 0 Å². The maximum Gasteiger partial charge on any atom is 0.0367 e. The standard InChI is InChI=1S/C24H33N3/c1-3-9-22(10-4-1)11-7-15-25-16-8-14-24(21-25)27-19-17-26(18-20-27)23-12-5-2-6-13-23/h1-6,9-10,12-13,24H,7-8,11,14-21H2. The normalized spacial score (nSPS) is 22.1. The van der Waals surface area contributed by atoms with Crippen molar-refractivity contribution in [3.05, 3.63) is 66.2 Å². The number of hydrogen-bond donors (Lipinski definition) is 0. The zero-order valence-corrected chi connectivity index (χ0v) is 16.5. The number of para-hydroxylation sites is 1. The van der Waals surface area contributed by atoms with Crippen LogP contribution in [0.1, 0.15) is 24.8 Å². The molecular weight excluding hydrogens is 330 g/mol. The lowest BCUT2D eigenvalue weighted by molar-refractivity contribution is 0.0920. The summed E-state index contributed by atoms with van der Waals surface area (Å²) < 4.78 is 0. The van der Waals surface area contributed by atoms with Crippen molar-refractivity contribution in [2.75, 3.05) is 50.7 Å². The van der Waals surface area contributed by atoms with Crippen molar-refractivity contribution in [3.8, 4) is 0 Å². The molecule has 0 bridgehead atoms. The molecule has 0 aromatic heterocycles. The summed E-state index contributed by atoms with van der Waals surface area (Å²) in [4.78, 5) is 8.00. The minimum atomic E-state index is 0.758. The predicted molar refractivity (Wildman–Crippen MR) is 114 cm³/mol. The van der Waals surface area contributed by atoms with Gasteiger partial charge in [-0.05, 0) is 56.5 Å². The number of benzene rings is 2. The van der Waals surface area contributed by atoms with Crippen LogP contribution in [0.15, 0.2) is 60.7 Å². The highest BCUT2D eigenvalue weighted by atomic mass is 15.3. The SMILES string of the molecule is c1ccc(CCCN2CCCC(N3CCN(c4ccccc4)CC3)C2)cc1. The Balaban J connectivity index is 1.22. The van der Waals surface area contributed by atoms with E-state index in [9.17, 15) is 0 Å². The molecule has 1 unspecified atom stereocenters. The molecule has 0 amide bonds. The van der Waals surface area contributed by atoms with Crippen LogP contribution in [0.5, 0.6) is 0 Å². The molecule has 2 aliphatic rings. The maximum atomic E-state index is 2.75. The molecule has 144 valence electrons. The van der Waals surface area contributed by atoms with Crippen LogP contribution in [0, 0.1) is 0 Å². The van der Waals surface area contributed by atoms with E-state index in [1.165, 1.54) is 69.7 Å². The predicted octanol–water partition coefficient (Wildman–Crippen LogP) is 3.91. The van der Waals surface area contributed by atoms with Gasteiger partial charge in [0.1, 0.15) is 0 Å². The summed E-state index contributed by atoms with van der Waals surface area (Å²) in [5, 5.41) is 0. The van der Waals surface area contributed by atoms with Crippen molar-refractivity contribution < 1.29 is 0 Å². The maximum absolute atomic E-state index is 2.75. The van der Waals surface area contributed by atoms with E-state index in [4.69, 9.17) is 0 Å². The van der Waals surface area contributed by atoms with Crippen LogP contribution in [-0.2, 0) is 6.42 Å². The van der Waals surface area contributed by atoms with Crippen molar-refractivity contribution in [2.45, 2.75) is 31.7 Å². The van der Waals surface area contributed by atoms with Crippen LogP contribution in [-0.4, -0.2) is 61.7 Å². The van der Waals surface area contributed by atoms with Gasteiger partial charge in [0.25, 0.3) is 0 Å². The summed E-state index contributed by atoms with van der Waals surface area (Å²) >= 11 is 0. The molecule has 0 aliphatic carbocycles. The summed E-state index contributed by atoms with van der Waals surface area (Å²) in [6.07, 6.45) is 5.21. The molecule has 2 heterocycles. The van der Waals surface area contributed by atoms with E-state index in [1.807, 2.05) is 0 Å². The van der Waals surface area contributed by atoms with E-state index in [0.717, 1.165) is 19.1 Å². The molecule has 2 aliphatic heterocycles. The van der Waals surface area contributed by atoms with Crippen LogP contribution in [0.3, 0.4) is 0 Å². The van der Waals surface area contributed by atoms with Gasteiger partial charge in [0.15, 0.2) is 0 Å². The van der Waals surface area contributed by atoms with E-state index in [0.29, 0.717) is 0 Å². The molecule has 0 N–H and O–H groups in total. The smallest absolute Gasteiger partial charge is 0.0367 e. The summed E-state index contributed by atoms with van der Waals surface area (Å²) in [6, 6.07) is 22.6. The highest BCUT2D eigenvalue weighted by Crippen LogP contribution is 2.21. The molecular formula is C24H33N3. The van der Waals surface area contributed by atoms with E-state index in [1.54, 1.807) is 0 Å². The van der Waals surface area contributed by atoms with Gasteiger partial charge in [0, 0.05) is 44.5 Å². The van der Waals surface area contributed by atoms with E-state index >= 15 is 0 Å². The lowest BCUT2D eigenvalue weighted by atomic mass is 10.0. The molecule has 27 heavy (non-hydrogen) atoms. The first-order valence-corrected chi connectivity index (χ1v) is 10.7. The van der Waals surface area contributed by atoms with Gasteiger partial charge in [-0.15, -0.1) is 0 Å². The summed E-state index contributed by atoms with van der Waals surface area (Å²) in [7, 11) is 0. The topological polar surface area (TPSA) is 9.72 Å². The third-order valence-corrected chi connectivity index (χ3v) is 6.22. The summed E-state index contributed by atoms with van der Waals surface area (Å²) in [5.74, 6) is 0. The van der Waals surface area contributed by atoms with Gasteiger partial charge in [0.05, 0.1) is 0 Å². The van der Waals surface area contributed by atoms with Crippen LogP contribution in [0.2, 0.25) is 0 Å². The zero-order valence-electron chi connectivity index (χ0n) is 16.5. The molecule has 0 saturated carbocycles. The number of anilines is 1. The molecule has 1 atom stereocenters. The van der Waals surface area contributed by atoms with Gasteiger partial charge in [0.2, 0.25) is 0 Å². The van der Waals surface area contributed by atoms with E-state index < -0.39 is 0 Å². The fraction of sp³-hybridized carbons (Fsp3) is 0.500. The van der Waals surface area contributed by atoms with Crippen molar-refractivity contribution in [1.82, 2.24) is 9.80 Å². The number of aryl methyl sites for hydroxylation is 1. The largest absolute Gasteiger partial charge is 0.369 e. The number of likely N-dealkylation sites (tertiary alicyclic amines) is 1. The Kier molecular flexibility index (Phi) is 6.44. The number of piperidine rings is 1. The lowest BCUT2D eigenvalue weighted by Crippen LogP contribution is -2.55. The van der Waals surface area contributed by atoms with Crippen molar-refractivity contribution in [3.63, 3.8) is 0 Å². The molecule has 4 rings (SSSR count). The lowest BCUT2D eigenvalue weighted by Gasteiger charge is -2.44. The minimum absolute atomic E-state index is 0.758. The second kappa shape index (κ2) is 9.38. The molecule has 2 aromatic rings. The Bertz CT molecular complexity index is 665. The third kappa shape index (κ3) is 5.12. The summed E-state index contributed by atoms with van der Waals surface area (Å²) in [6.45, 7) is 8.53.